The van der Waals surface area contributed by atoms with Gasteiger partial charge in [0.05, 0.1) is 32.6 Å². The number of aromatic nitrogens is 3. The maximum Gasteiger partial charge on any atom is 0.359 e. The summed E-state index contributed by atoms with van der Waals surface area (Å²) in [6, 6.07) is 29.1. The van der Waals surface area contributed by atoms with Crippen LogP contribution in [0.1, 0.15) is 67.8 Å². The van der Waals surface area contributed by atoms with E-state index in [0.717, 1.165) is 24.8 Å². The molecule has 11 nitrogen and oxygen atoms in total. The van der Waals surface area contributed by atoms with Crippen LogP contribution in [-0.4, -0.2) is 53.0 Å². The van der Waals surface area contributed by atoms with Gasteiger partial charge in [-0.25, -0.2) is 9.48 Å². The number of nitrogens with one attached hydrogen (secondary N) is 1. The van der Waals surface area contributed by atoms with E-state index < -0.39 is 17.7 Å². The van der Waals surface area contributed by atoms with Crippen molar-refractivity contribution in [3.05, 3.63) is 131 Å². The largest absolute Gasteiger partial charge is 0.497 e. The summed E-state index contributed by atoms with van der Waals surface area (Å²) in [5, 5.41) is 11.0. The van der Waals surface area contributed by atoms with E-state index in [-0.39, 0.29) is 41.5 Å². The highest BCUT2D eigenvalue weighted by molar-refractivity contribution is 6.17. The third-order valence-corrected chi connectivity index (χ3v) is 7.60. The number of carbonyl (C=O) groups is 3. The Morgan fingerprint density at radius 1 is 0.854 bits per heavy atom. The van der Waals surface area contributed by atoms with Gasteiger partial charge in [0.15, 0.2) is 11.4 Å². The van der Waals surface area contributed by atoms with Crippen LogP contribution in [0.2, 0.25) is 0 Å². The number of hydrogen-bond acceptors (Lipinski definition) is 9. The first-order chi connectivity index (χ1) is 23.4. The number of anilines is 2. The van der Waals surface area contributed by atoms with E-state index in [1.807, 2.05) is 30.3 Å². The van der Waals surface area contributed by atoms with Crippen LogP contribution in [-0.2, 0) is 17.7 Å². The first-order valence-electron chi connectivity index (χ1n) is 15.6. The van der Waals surface area contributed by atoms with Crippen molar-refractivity contribution in [3.63, 3.8) is 0 Å². The molecule has 0 bridgehead atoms. The second-order valence-corrected chi connectivity index (χ2v) is 10.9. The Balaban J connectivity index is 1.43. The summed E-state index contributed by atoms with van der Waals surface area (Å²) in [4.78, 5) is 40.4. The molecule has 0 atom stereocenters. The standard InChI is InChI=1S/C37H37N5O6/c1-3-47-37(45)34-33(40-41-42(34)24-26-17-19-28(46-2)20-18-26)35(43)29-21-22-30(48-23-11-10-14-25-12-6-4-7-13-25)32(31(29)38)39-36(44)27-15-8-5-9-16-27/h4-9,12-13,15-22H,3,10-11,14,23-24,38H2,1-2H3,(H,39,44). The van der Waals surface area contributed by atoms with Gasteiger partial charge in [-0.05, 0) is 73.7 Å². The molecule has 0 aliphatic heterocycles. The van der Waals surface area contributed by atoms with Crippen molar-refractivity contribution in [2.45, 2.75) is 32.7 Å². The van der Waals surface area contributed by atoms with E-state index in [9.17, 15) is 14.4 Å². The molecule has 4 aromatic carbocycles. The Bertz CT molecular complexity index is 1860. The number of benzene rings is 4. The molecule has 0 fully saturated rings. The van der Waals surface area contributed by atoms with Gasteiger partial charge in [-0.3, -0.25) is 9.59 Å². The highest BCUT2D eigenvalue weighted by Crippen LogP contribution is 2.36. The Morgan fingerprint density at radius 2 is 1.56 bits per heavy atom. The van der Waals surface area contributed by atoms with Crippen LogP contribution >= 0.6 is 0 Å². The molecule has 1 heterocycles. The number of nitrogen functional groups attached to an aromatic ring is 1. The van der Waals surface area contributed by atoms with Crippen LogP contribution in [0.5, 0.6) is 11.5 Å². The van der Waals surface area contributed by atoms with E-state index in [0.29, 0.717) is 23.7 Å². The molecule has 3 N–H and O–H groups in total. The first kappa shape index (κ1) is 33.4. The number of hydrogen-bond donors (Lipinski definition) is 2. The van der Waals surface area contributed by atoms with Gasteiger partial charge in [-0.1, -0.05) is 65.9 Å². The molecule has 0 unspecified atom stereocenters. The molecule has 0 aliphatic carbocycles. The molecule has 0 spiro atoms. The number of esters is 1. The van der Waals surface area contributed by atoms with Gasteiger partial charge >= 0.3 is 5.97 Å². The first-order valence-corrected chi connectivity index (χ1v) is 15.6. The maximum absolute atomic E-state index is 14.0. The molecule has 5 rings (SSSR count). The lowest BCUT2D eigenvalue weighted by molar-refractivity contribution is 0.0509. The third-order valence-electron chi connectivity index (χ3n) is 7.60. The number of ketones is 1. The number of carbonyl (C=O) groups excluding carboxylic acids is 3. The molecular weight excluding hydrogens is 610 g/mol. The van der Waals surface area contributed by atoms with Gasteiger partial charge < -0.3 is 25.3 Å². The predicted molar refractivity (Wildman–Crippen MR) is 182 cm³/mol. The molecule has 0 aliphatic rings. The summed E-state index contributed by atoms with van der Waals surface area (Å²) in [5.41, 5.74) is 8.79. The molecule has 0 saturated carbocycles. The van der Waals surface area contributed by atoms with Crippen LogP contribution in [0.3, 0.4) is 0 Å². The molecule has 11 heteroatoms. The molecule has 1 aromatic heterocycles. The zero-order chi connectivity index (χ0) is 33.9. The van der Waals surface area contributed by atoms with Gasteiger partial charge in [0.1, 0.15) is 17.2 Å². The number of methoxy groups -OCH3 is 1. The number of nitrogens with zero attached hydrogens (tertiary/aromatic N) is 3. The SMILES string of the molecule is CCOC(=O)c1c(C(=O)c2ccc(OCCCCc3ccccc3)c(NC(=O)c3ccccc3)c2N)nnn1Cc1ccc(OC)cc1. The third kappa shape index (κ3) is 8.05. The number of unbranched alkanes of at least 4 members (excludes halogenated alkanes) is 1. The zero-order valence-electron chi connectivity index (χ0n) is 26.8. The summed E-state index contributed by atoms with van der Waals surface area (Å²) >= 11 is 0. The van der Waals surface area contributed by atoms with Crippen molar-refractivity contribution in [1.82, 2.24) is 15.0 Å². The summed E-state index contributed by atoms with van der Waals surface area (Å²) < 4.78 is 17.9. The van der Waals surface area contributed by atoms with Crippen LogP contribution in [0.15, 0.2) is 97.1 Å². The lowest BCUT2D eigenvalue weighted by atomic mass is 10.0. The second kappa shape index (κ2) is 16.0. The van der Waals surface area contributed by atoms with E-state index in [1.54, 1.807) is 62.6 Å². The fraction of sp³-hybridized carbons (Fsp3) is 0.216. The van der Waals surface area contributed by atoms with E-state index in [1.165, 1.54) is 16.3 Å². The minimum Gasteiger partial charge on any atom is -0.497 e. The van der Waals surface area contributed by atoms with Gasteiger partial charge in [0, 0.05) is 11.1 Å². The predicted octanol–water partition coefficient (Wildman–Crippen LogP) is 5.98. The van der Waals surface area contributed by atoms with Gasteiger partial charge in [-0.15, -0.1) is 5.10 Å². The average Bonchev–Trinajstić information content (AvgIpc) is 3.54. The van der Waals surface area contributed by atoms with Crippen LogP contribution in [0.25, 0.3) is 0 Å². The van der Waals surface area contributed by atoms with Crippen molar-refractivity contribution in [1.29, 1.82) is 0 Å². The van der Waals surface area contributed by atoms with Crippen molar-refractivity contribution in [2.75, 3.05) is 31.4 Å². The molecule has 1 amide bonds. The molecule has 0 saturated heterocycles. The summed E-state index contributed by atoms with van der Waals surface area (Å²) in [5.74, 6) is -0.878. The van der Waals surface area contributed by atoms with Crippen LogP contribution < -0.4 is 20.5 Å². The second-order valence-electron chi connectivity index (χ2n) is 10.9. The topological polar surface area (TPSA) is 148 Å². The number of rotatable bonds is 15. The number of amides is 1. The van der Waals surface area contributed by atoms with Crippen molar-refractivity contribution >= 4 is 29.0 Å². The average molecular weight is 648 g/mol. The lowest BCUT2D eigenvalue weighted by Crippen LogP contribution is -2.19. The van der Waals surface area contributed by atoms with Gasteiger partial charge in [0.25, 0.3) is 5.91 Å². The molecule has 48 heavy (non-hydrogen) atoms. The minimum atomic E-state index is -0.758. The molecule has 246 valence electrons. The molecular formula is C37H37N5O6. The number of ether oxygens (including phenoxy) is 3. The highest BCUT2D eigenvalue weighted by atomic mass is 16.5. The number of aryl methyl sites for hydroxylation is 1. The summed E-state index contributed by atoms with van der Waals surface area (Å²) in [7, 11) is 1.57. The van der Waals surface area contributed by atoms with Crippen LogP contribution in [0, 0.1) is 0 Å². The number of nitrogens with two attached hydrogens (primary N) is 1. The maximum atomic E-state index is 14.0. The Morgan fingerprint density at radius 3 is 2.25 bits per heavy atom. The quantitative estimate of drug-likeness (QED) is 0.0606. The van der Waals surface area contributed by atoms with E-state index >= 15 is 0 Å². The molecule has 5 aromatic rings. The monoisotopic (exact) mass is 647 g/mol. The Labute approximate surface area is 278 Å². The fourth-order valence-corrected chi connectivity index (χ4v) is 5.09. The zero-order valence-corrected chi connectivity index (χ0v) is 26.8. The van der Waals surface area contributed by atoms with Crippen molar-refractivity contribution in [2.24, 2.45) is 0 Å². The smallest absolute Gasteiger partial charge is 0.359 e. The van der Waals surface area contributed by atoms with Crippen LogP contribution in [0.4, 0.5) is 11.4 Å². The summed E-state index contributed by atoms with van der Waals surface area (Å²) in [6.07, 6.45) is 2.55. The normalized spacial score (nSPS) is 10.7. The molecule has 0 radical (unpaired) electrons. The van der Waals surface area contributed by atoms with Crippen molar-refractivity contribution < 1.29 is 28.6 Å². The minimum absolute atomic E-state index is 0.0110. The Hall–Kier alpha value is -5.97. The van der Waals surface area contributed by atoms with Crippen molar-refractivity contribution in [3.8, 4) is 11.5 Å². The van der Waals surface area contributed by atoms with E-state index in [4.69, 9.17) is 19.9 Å². The lowest BCUT2D eigenvalue weighted by Gasteiger charge is -2.17. The Kier molecular flexibility index (Phi) is 11.2. The fourth-order valence-electron chi connectivity index (χ4n) is 5.09. The highest BCUT2D eigenvalue weighted by Gasteiger charge is 2.30. The van der Waals surface area contributed by atoms with Gasteiger partial charge in [-0.2, -0.15) is 0 Å². The summed E-state index contributed by atoms with van der Waals surface area (Å²) in [6.45, 7) is 2.25. The van der Waals surface area contributed by atoms with Gasteiger partial charge in [0.2, 0.25) is 5.78 Å². The van der Waals surface area contributed by atoms with E-state index in [2.05, 4.69) is 27.8 Å².